The number of halogens is 1. The average Bonchev–Trinajstić information content (AvgIpc) is 2.73. The van der Waals surface area contributed by atoms with Crippen molar-refractivity contribution in [3.05, 3.63) is 46.3 Å². The Hall–Kier alpha value is -1.86. The topological polar surface area (TPSA) is 97.5 Å². The molecule has 0 saturated heterocycles. The Balaban J connectivity index is 2.43. The van der Waals surface area contributed by atoms with Crippen LogP contribution in [-0.4, -0.2) is 24.7 Å². The molecule has 20 heavy (non-hydrogen) atoms. The van der Waals surface area contributed by atoms with Gasteiger partial charge in [-0.1, -0.05) is 16.8 Å². The van der Waals surface area contributed by atoms with Gasteiger partial charge in [0, 0.05) is 6.07 Å². The highest BCUT2D eigenvalue weighted by Crippen LogP contribution is 2.26. The Morgan fingerprint density at radius 1 is 1.40 bits per heavy atom. The molecule has 6 nitrogen and oxygen atoms in total. The van der Waals surface area contributed by atoms with Gasteiger partial charge in [-0.25, -0.2) is 13.2 Å². The lowest BCUT2D eigenvalue weighted by molar-refractivity contribution is 0.0696. The van der Waals surface area contributed by atoms with Crippen LogP contribution in [0.3, 0.4) is 0 Å². The van der Waals surface area contributed by atoms with Crippen LogP contribution in [0.25, 0.3) is 0 Å². The summed E-state index contributed by atoms with van der Waals surface area (Å²) in [5.74, 6) is -1.15. The van der Waals surface area contributed by atoms with E-state index < -0.39 is 21.6 Å². The Morgan fingerprint density at radius 2 is 2.10 bits per heavy atom. The molecular weight excluding hydrogens is 306 g/mol. The Morgan fingerprint density at radius 3 is 2.65 bits per heavy atom. The number of hydrogen-bond donors (Lipinski definition) is 1. The maximum atomic E-state index is 12.2. The number of carboxylic acid groups (broad SMARTS) is 1. The first-order valence-corrected chi connectivity index (χ1v) is 7.50. The molecule has 2 rings (SSSR count). The van der Waals surface area contributed by atoms with Gasteiger partial charge in [-0.2, -0.15) is 0 Å². The van der Waals surface area contributed by atoms with Crippen LogP contribution in [-0.2, 0) is 15.6 Å². The average molecular weight is 316 g/mol. The molecular formula is C12H10ClNO5S. The van der Waals surface area contributed by atoms with Crippen molar-refractivity contribution < 1.29 is 22.8 Å². The van der Waals surface area contributed by atoms with Crippen molar-refractivity contribution in [1.82, 2.24) is 5.16 Å². The van der Waals surface area contributed by atoms with Gasteiger partial charge in [0.05, 0.1) is 21.2 Å². The minimum Gasteiger partial charge on any atom is -0.478 e. The molecule has 1 aromatic heterocycles. The minimum atomic E-state index is -3.80. The van der Waals surface area contributed by atoms with Crippen molar-refractivity contribution in [3.63, 3.8) is 0 Å². The summed E-state index contributed by atoms with van der Waals surface area (Å²) < 4.78 is 29.3. The van der Waals surface area contributed by atoms with Gasteiger partial charge in [-0.15, -0.1) is 0 Å². The van der Waals surface area contributed by atoms with Crippen molar-refractivity contribution in [3.8, 4) is 0 Å². The molecule has 0 aliphatic rings. The number of aromatic nitrogens is 1. The third kappa shape index (κ3) is 3.00. The van der Waals surface area contributed by atoms with Gasteiger partial charge in [0.15, 0.2) is 9.84 Å². The van der Waals surface area contributed by atoms with Gasteiger partial charge in [0.1, 0.15) is 11.5 Å². The summed E-state index contributed by atoms with van der Waals surface area (Å²) in [4.78, 5) is 10.7. The zero-order valence-electron chi connectivity index (χ0n) is 10.3. The Kier molecular flexibility index (Phi) is 3.82. The largest absolute Gasteiger partial charge is 0.478 e. The Bertz CT molecular complexity index is 766. The van der Waals surface area contributed by atoms with E-state index in [1.165, 1.54) is 18.2 Å². The second kappa shape index (κ2) is 5.26. The van der Waals surface area contributed by atoms with Gasteiger partial charge >= 0.3 is 5.97 Å². The van der Waals surface area contributed by atoms with Crippen LogP contribution < -0.4 is 0 Å². The number of benzene rings is 1. The molecule has 1 N–H and O–H groups in total. The molecule has 0 bridgehead atoms. The molecule has 1 aromatic carbocycles. The number of carboxylic acids is 1. The quantitative estimate of drug-likeness (QED) is 0.929. The van der Waals surface area contributed by atoms with Crippen molar-refractivity contribution in [2.75, 3.05) is 0 Å². The highest BCUT2D eigenvalue weighted by atomic mass is 35.5. The molecule has 0 atom stereocenters. The molecule has 0 radical (unpaired) electrons. The summed E-state index contributed by atoms with van der Waals surface area (Å²) in [6.45, 7) is 1.64. The van der Waals surface area contributed by atoms with Gasteiger partial charge in [0.25, 0.3) is 0 Å². The zero-order chi connectivity index (χ0) is 14.9. The molecule has 0 spiro atoms. The molecule has 0 aliphatic heterocycles. The number of sulfone groups is 1. The van der Waals surface area contributed by atoms with Crippen molar-refractivity contribution in [1.29, 1.82) is 0 Å². The van der Waals surface area contributed by atoms with Crippen LogP contribution in [0.5, 0.6) is 0 Å². The predicted octanol–water partition coefficient (Wildman–Crippen LogP) is 2.31. The fourth-order valence-electron chi connectivity index (χ4n) is 1.63. The highest BCUT2D eigenvalue weighted by Gasteiger charge is 2.22. The minimum absolute atomic E-state index is 0.0322. The van der Waals surface area contributed by atoms with Gasteiger partial charge < -0.3 is 9.63 Å². The molecule has 8 heteroatoms. The molecule has 0 fully saturated rings. The smallest absolute Gasteiger partial charge is 0.335 e. The zero-order valence-corrected chi connectivity index (χ0v) is 11.9. The van der Waals surface area contributed by atoms with Gasteiger partial charge in [0.2, 0.25) is 0 Å². The lowest BCUT2D eigenvalue weighted by Crippen LogP contribution is -2.08. The number of rotatable bonds is 4. The van der Waals surface area contributed by atoms with Crippen molar-refractivity contribution >= 4 is 27.4 Å². The van der Waals surface area contributed by atoms with E-state index in [4.69, 9.17) is 21.2 Å². The standard InChI is InChI=1S/C12H10ClNO5S/c1-7-4-9(14-19-7)6-20(17,18)11-5-8(12(15)16)2-3-10(11)13/h2-5H,6H2,1H3,(H,15,16). The summed E-state index contributed by atoms with van der Waals surface area (Å²) in [5.41, 5.74) is 0.0867. The normalized spacial score (nSPS) is 11.5. The second-order valence-electron chi connectivity index (χ2n) is 4.14. The second-order valence-corrected chi connectivity index (χ2v) is 6.50. The van der Waals surface area contributed by atoms with Crippen LogP contribution >= 0.6 is 11.6 Å². The molecule has 0 unspecified atom stereocenters. The molecule has 1 heterocycles. The van der Waals surface area contributed by atoms with Crippen LogP contribution in [0.15, 0.2) is 33.7 Å². The molecule has 0 amide bonds. The summed E-state index contributed by atoms with van der Waals surface area (Å²) in [7, 11) is -3.80. The van der Waals surface area contributed by atoms with E-state index in [2.05, 4.69) is 5.16 Å². The van der Waals surface area contributed by atoms with E-state index in [1.807, 2.05) is 0 Å². The van der Waals surface area contributed by atoms with Crippen LogP contribution in [0, 0.1) is 6.92 Å². The summed E-state index contributed by atoms with van der Waals surface area (Å²) in [5, 5.41) is 12.5. The van der Waals surface area contributed by atoms with E-state index in [0.717, 1.165) is 6.07 Å². The first-order valence-electron chi connectivity index (χ1n) is 5.47. The van der Waals surface area contributed by atoms with E-state index in [1.54, 1.807) is 6.92 Å². The highest BCUT2D eigenvalue weighted by molar-refractivity contribution is 7.90. The fraction of sp³-hybridized carbons (Fsp3) is 0.167. The van der Waals surface area contributed by atoms with Gasteiger partial charge in [-0.3, -0.25) is 0 Å². The van der Waals surface area contributed by atoms with Crippen molar-refractivity contribution in [2.24, 2.45) is 0 Å². The third-order valence-electron chi connectivity index (χ3n) is 2.53. The molecule has 0 aliphatic carbocycles. The lowest BCUT2D eigenvalue weighted by Gasteiger charge is -2.06. The third-order valence-corrected chi connectivity index (χ3v) is 4.65. The molecule has 0 saturated carbocycles. The SMILES string of the molecule is Cc1cc(CS(=O)(=O)c2cc(C(=O)O)ccc2Cl)no1. The van der Waals surface area contributed by atoms with E-state index in [9.17, 15) is 13.2 Å². The van der Waals surface area contributed by atoms with Crippen LogP contribution in [0.1, 0.15) is 21.8 Å². The number of carbonyl (C=O) groups is 1. The fourth-order valence-corrected chi connectivity index (χ4v) is 3.46. The number of nitrogens with zero attached hydrogens (tertiary/aromatic N) is 1. The number of aryl methyl sites for hydroxylation is 1. The summed E-state index contributed by atoms with van der Waals surface area (Å²) in [6, 6.07) is 5.01. The van der Waals surface area contributed by atoms with Gasteiger partial charge in [-0.05, 0) is 25.1 Å². The number of aromatic carboxylic acids is 1. The predicted molar refractivity (Wildman–Crippen MR) is 70.5 cm³/mol. The summed E-state index contributed by atoms with van der Waals surface area (Å²) >= 11 is 5.84. The van der Waals surface area contributed by atoms with E-state index in [0.29, 0.717) is 5.76 Å². The van der Waals surface area contributed by atoms with Crippen LogP contribution in [0.4, 0.5) is 0 Å². The van der Waals surface area contributed by atoms with E-state index >= 15 is 0 Å². The summed E-state index contributed by atoms with van der Waals surface area (Å²) in [6.07, 6.45) is 0. The van der Waals surface area contributed by atoms with Crippen LogP contribution in [0.2, 0.25) is 5.02 Å². The first kappa shape index (κ1) is 14.5. The maximum absolute atomic E-state index is 12.2. The lowest BCUT2D eigenvalue weighted by atomic mass is 10.2. The van der Waals surface area contributed by atoms with E-state index in [-0.39, 0.29) is 21.2 Å². The number of hydrogen-bond acceptors (Lipinski definition) is 5. The molecule has 2 aromatic rings. The monoisotopic (exact) mass is 315 g/mol. The Labute approximate surface area is 119 Å². The first-order chi connectivity index (χ1) is 9.29. The molecule has 106 valence electrons. The van der Waals surface area contributed by atoms with Crippen molar-refractivity contribution in [2.45, 2.75) is 17.6 Å². The maximum Gasteiger partial charge on any atom is 0.335 e.